The van der Waals surface area contributed by atoms with Gasteiger partial charge < -0.3 is 15.3 Å². The van der Waals surface area contributed by atoms with Crippen molar-refractivity contribution in [3.05, 3.63) is 0 Å². The molecule has 2 heterocycles. The molecule has 2 rings (SSSR count). The summed E-state index contributed by atoms with van der Waals surface area (Å²) in [5.41, 5.74) is 0. The van der Waals surface area contributed by atoms with Gasteiger partial charge in [-0.15, -0.1) is 0 Å². The predicted octanol–water partition coefficient (Wildman–Crippen LogP) is 0.404. The Kier molecular flexibility index (Phi) is 4.79. The van der Waals surface area contributed by atoms with Crippen LogP contribution in [0.25, 0.3) is 0 Å². The number of rotatable bonds is 2. The van der Waals surface area contributed by atoms with Crippen molar-refractivity contribution in [2.45, 2.75) is 31.7 Å². The third kappa shape index (κ3) is 3.92. The maximum atomic E-state index is 12.1. The minimum atomic E-state index is -0.828. The summed E-state index contributed by atoms with van der Waals surface area (Å²) in [6, 6.07) is -0.0981. The van der Waals surface area contributed by atoms with E-state index in [1.807, 2.05) is 0 Å². The van der Waals surface area contributed by atoms with Crippen LogP contribution < -0.4 is 5.32 Å². The minimum Gasteiger partial charge on any atom is -0.481 e. The zero-order valence-electron chi connectivity index (χ0n) is 10.8. The number of hydrogen-bond donors (Lipinski definition) is 2. The first-order valence-electron chi connectivity index (χ1n) is 6.69. The number of nitrogens with zero attached hydrogens (tertiary/aromatic N) is 1. The van der Waals surface area contributed by atoms with Crippen LogP contribution in [0.15, 0.2) is 0 Å². The molecule has 0 saturated carbocycles. The number of nitrogens with one attached hydrogen (secondary N) is 1. The zero-order chi connectivity index (χ0) is 13.8. The van der Waals surface area contributed by atoms with Gasteiger partial charge in [-0.05, 0) is 25.7 Å². The summed E-state index contributed by atoms with van der Waals surface area (Å²) < 4.78 is 11.2. The number of aliphatic carboxylic acids is 1. The van der Waals surface area contributed by atoms with Gasteiger partial charge in [0, 0.05) is 41.4 Å². The van der Waals surface area contributed by atoms with Gasteiger partial charge in [0.1, 0.15) is 0 Å². The number of amides is 2. The number of likely N-dealkylation sites (tertiary alicyclic amines) is 1. The number of carbonyl (C=O) groups is 2. The molecule has 2 saturated heterocycles. The Morgan fingerprint density at radius 1 is 1.21 bits per heavy atom. The van der Waals surface area contributed by atoms with Gasteiger partial charge in [-0.25, -0.2) is 4.79 Å². The van der Waals surface area contributed by atoms with Gasteiger partial charge in [0.15, 0.2) is 0 Å². The zero-order valence-corrected chi connectivity index (χ0v) is 11.7. The molecule has 0 spiro atoms. The lowest BCUT2D eigenvalue weighted by Gasteiger charge is -2.33. The van der Waals surface area contributed by atoms with E-state index in [1.165, 1.54) is 0 Å². The standard InChI is InChI=1S/C12H20N2O4S/c15-11(16)9-2-1-5-14(8-9)12(17)13-10-3-6-19(18)7-4-10/h9-10H,1-8H2,(H,13,17)(H,15,16)/t9-,10?,19?/m1/s1. The molecule has 0 radical (unpaired) electrons. The Labute approximate surface area is 115 Å². The SMILES string of the molecule is O=C(O)[C@@H]1CCCN(C(=O)NC2CCS(=O)CC2)C1. The van der Waals surface area contributed by atoms with Crippen LogP contribution in [-0.2, 0) is 15.6 Å². The average molecular weight is 288 g/mol. The molecular formula is C12H20N2O4S. The van der Waals surface area contributed by atoms with E-state index in [0.717, 1.165) is 19.3 Å². The molecule has 2 amide bonds. The van der Waals surface area contributed by atoms with Gasteiger partial charge in [-0.2, -0.15) is 0 Å². The number of piperidine rings is 1. The monoisotopic (exact) mass is 288 g/mol. The number of urea groups is 1. The maximum absolute atomic E-state index is 12.1. The summed E-state index contributed by atoms with van der Waals surface area (Å²) in [6.45, 7) is 0.911. The Hall–Kier alpha value is -1.11. The predicted molar refractivity (Wildman–Crippen MR) is 71.4 cm³/mol. The lowest BCUT2D eigenvalue weighted by molar-refractivity contribution is -0.143. The van der Waals surface area contributed by atoms with E-state index in [0.29, 0.717) is 31.0 Å². The molecule has 2 fully saturated rings. The lowest BCUT2D eigenvalue weighted by atomic mass is 9.98. The molecule has 0 aromatic heterocycles. The topological polar surface area (TPSA) is 86.7 Å². The highest BCUT2D eigenvalue weighted by Crippen LogP contribution is 2.17. The van der Waals surface area contributed by atoms with E-state index >= 15 is 0 Å². The Balaban J connectivity index is 1.82. The van der Waals surface area contributed by atoms with E-state index < -0.39 is 22.7 Å². The van der Waals surface area contributed by atoms with E-state index in [9.17, 15) is 13.8 Å². The van der Waals surface area contributed by atoms with Crippen LogP contribution in [0.2, 0.25) is 0 Å². The number of hydrogen-bond acceptors (Lipinski definition) is 3. The first kappa shape index (κ1) is 14.3. The van der Waals surface area contributed by atoms with Crippen molar-refractivity contribution in [3.63, 3.8) is 0 Å². The summed E-state index contributed by atoms with van der Waals surface area (Å²) in [4.78, 5) is 24.6. The van der Waals surface area contributed by atoms with Crippen LogP contribution in [0.5, 0.6) is 0 Å². The maximum Gasteiger partial charge on any atom is 0.317 e. The molecule has 0 aromatic carbocycles. The number of carboxylic acid groups (broad SMARTS) is 1. The van der Waals surface area contributed by atoms with Crippen molar-refractivity contribution in [2.24, 2.45) is 5.92 Å². The van der Waals surface area contributed by atoms with Gasteiger partial charge in [-0.1, -0.05) is 0 Å². The molecule has 0 unspecified atom stereocenters. The van der Waals surface area contributed by atoms with Crippen LogP contribution in [-0.4, -0.2) is 56.9 Å². The van der Waals surface area contributed by atoms with Gasteiger partial charge in [-0.3, -0.25) is 9.00 Å². The largest absolute Gasteiger partial charge is 0.481 e. The molecule has 19 heavy (non-hydrogen) atoms. The van der Waals surface area contributed by atoms with Crippen LogP contribution in [0.1, 0.15) is 25.7 Å². The lowest BCUT2D eigenvalue weighted by Crippen LogP contribution is -2.50. The molecule has 108 valence electrons. The van der Waals surface area contributed by atoms with Crippen molar-refractivity contribution in [3.8, 4) is 0 Å². The van der Waals surface area contributed by atoms with E-state index in [1.54, 1.807) is 4.90 Å². The van der Waals surface area contributed by atoms with E-state index in [-0.39, 0.29) is 12.1 Å². The molecule has 6 nitrogen and oxygen atoms in total. The molecule has 0 aliphatic carbocycles. The van der Waals surface area contributed by atoms with Crippen LogP contribution in [0.4, 0.5) is 4.79 Å². The normalized spacial score (nSPS) is 31.8. The summed E-state index contributed by atoms with van der Waals surface area (Å²) >= 11 is 0. The summed E-state index contributed by atoms with van der Waals surface area (Å²) in [6.07, 6.45) is 2.86. The fraction of sp³-hybridized carbons (Fsp3) is 0.833. The Morgan fingerprint density at radius 2 is 1.89 bits per heavy atom. The first-order chi connectivity index (χ1) is 9.06. The van der Waals surface area contributed by atoms with E-state index in [2.05, 4.69) is 5.32 Å². The van der Waals surface area contributed by atoms with Gasteiger partial charge >= 0.3 is 12.0 Å². The minimum absolute atomic E-state index is 0.0791. The second kappa shape index (κ2) is 6.36. The van der Waals surface area contributed by atoms with Crippen molar-refractivity contribution in [1.82, 2.24) is 10.2 Å². The van der Waals surface area contributed by atoms with Crippen LogP contribution >= 0.6 is 0 Å². The highest BCUT2D eigenvalue weighted by atomic mass is 32.2. The average Bonchev–Trinajstić information content (AvgIpc) is 2.41. The third-order valence-corrected chi connectivity index (χ3v) is 5.16. The first-order valence-corrected chi connectivity index (χ1v) is 8.18. The van der Waals surface area contributed by atoms with Gasteiger partial charge in [0.05, 0.1) is 5.92 Å². The van der Waals surface area contributed by atoms with Crippen LogP contribution in [0, 0.1) is 5.92 Å². The Morgan fingerprint density at radius 3 is 2.53 bits per heavy atom. The fourth-order valence-corrected chi connectivity index (χ4v) is 3.87. The van der Waals surface area contributed by atoms with Crippen molar-refractivity contribution in [2.75, 3.05) is 24.6 Å². The molecule has 1 atom stereocenters. The quantitative estimate of drug-likeness (QED) is 0.770. The molecule has 2 aliphatic rings. The highest BCUT2D eigenvalue weighted by molar-refractivity contribution is 7.85. The summed E-state index contributed by atoms with van der Waals surface area (Å²) in [5, 5.41) is 11.9. The summed E-state index contributed by atoms with van der Waals surface area (Å²) in [7, 11) is -0.735. The van der Waals surface area contributed by atoms with Crippen molar-refractivity contribution < 1.29 is 18.9 Å². The van der Waals surface area contributed by atoms with Gasteiger partial charge in [0.25, 0.3) is 0 Å². The fourth-order valence-electron chi connectivity index (χ4n) is 2.57. The molecular weight excluding hydrogens is 268 g/mol. The van der Waals surface area contributed by atoms with Crippen LogP contribution in [0.3, 0.4) is 0 Å². The molecule has 0 aromatic rings. The second-order valence-electron chi connectivity index (χ2n) is 5.20. The highest BCUT2D eigenvalue weighted by Gasteiger charge is 2.29. The van der Waals surface area contributed by atoms with Crippen molar-refractivity contribution in [1.29, 1.82) is 0 Å². The van der Waals surface area contributed by atoms with E-state index in [4.69, 9.17) is 5.11 Å². The summed E-state index contributed by atoms with van der Waals surface area (Å²) in [5.74, 6) is 0.00898. The number of carboxylic acids is 1. The third-order valence-electron chi connectivity index (χ3n) is 3.77. The van der Waals surface area contributed by atoms with Gasteiger partial charge in [0.2, 0.25) is 0 Å². The second-order valence-corrected chi connectivity index (χ2v) is 6.89. The Bertz CT molecular complexity index is 378. The smallest absolute Gasteiger partial charge is 0.317 e. The molecule has 0 bridgehead atoms. The molecule has 2 aliphatic heterocycles. The van der Waals surface area contributed by atoms with Crippen molar-refractivity contribution >= 4 is 22.8 Å². The molecule has 7 heteroatoms. The number of carbonyl (C=O) groups excluding carboxylic acids is 1. The molecule has 2 N–H and O–H groups in total.